The van der Waals surface area contributed by atoms with E-state index in [1.54, 1.807) is 18.2 Å². The van der Waals surface area contributed by atoms with Crippen LogP contribution in [0.25, 0.3) is 0 Å². The molecular weight excluding hydrogens is 378 g/mol. The molecule has 0 aliphatic carbocycles. The van der Waals surface area contributed by atoms with Gasteiger partial charge < -0.3 is 25.4 Å². The number of anilines is 1. The number of carbonyl (C=O) groups is 2. The van der Waals surface area contributed by atoms with Gasteiger partial charge in [-0.05, 0) is 36.8 Å². The number of unbranched alkanes of at least 4 members (excludes halogenated alkanes) is 1. The van der Waals surface area contributed by atoms with E-state index in [2.05, 4.69) is 16.0 Å². The van der Waals surface area contributed by atoms with E-state index in [0.29, 0.717) is 22.9 Å². The number of halogens is 1. The predicted molar refractivity (Wildman–Crippen MR) is 106 cm³/mol. The van der Waals surface area contributed by atoms with Gasteiger partial charge in [0.25, 0.3) is 0 Å². The minimum absolute atomic E-state index is 0.0890. The van der Waals surface area contributed by atoms with E-state index >= 15 is 0 Å². The van der Waals surface area contributed by atoms with Gasteiger partial charge in [0.2, 0.25) is 5.91 Å². The van der Waals surface area contributed by atoms with Crippen LogP contribution in [0.4, 0.5) is 5.69 Å². The zero-order chi connectivity index (χ0) is 19.5. The maximum Gasteiger partial charge on any atom is 0.328 e. The van der Waals surface area contributed by atoms with E-state index in [1.807, 2.05) is 6.92 Å². The van der Waals surface area contributed by atoms with Crippen molar-refractivity contribution in [1.29, 1.82) is 0 Å². The van der Waals surface area contributed by atoms with Crippen LogP contribution in [0.3, 0.4) is 0 Å². The van der Waals surface area contributed by atoms with Gasteiger partial charge in [0.1, 0.15) is 11.8 Å². The maximum atomic E-state index is 12.1. The summed E-state index contributed by atoms with van der Waals surface area (Å²) in [5, 5.41) is 9.09. The summed E-state index contributed by atoms with van der Waals surface area (Å²) in [6, 6.07) is 4.39. The Bertz CT molecular complexity index is 642. The Hall–Kier alpha value is -2.06. The highest BCUT2D eigenvalue weighted by atomic mass is 35.5. The van der Waals surface area contributed by atoms with Crippen molar-refractivity contribution in [3.63, 3.8) is 0 Å². The lowest BCUT2D eigenvalue weighted by atomic mass is 10.1. The second kappa shape index (κ2) is 11.5. The average molecular weight is 402 g/mol. The Kier molecular flexibility index (Phi) is 9.75. The standard InChI is InChI=1S/C17H24ClN3O4S/c1-4-5-6-12(16(23)25-3)20-15(22)10-19-17(26)21-13-9-11(18)7-8-14(13)24-2/h7-9,12H,4-6,10H2,1-3H3,(H,20,22)(H2,19,21,26). The molecular formula is C17H24ClN3O4S. The fraction of sp³-hybridized carbons (Fsp3) is 0.471. The molecule has 144 valence electrons. The second-order valence-corrected chi connectivity index (χ2v) is 6.28. The molecule has 0 aromatic heterocycles. The van der Waals surface area contributed by atoms with Crippen LogP contribution in [0.15, 0.2) is 18.2 Å². The minimum Gasteiger partial charge on any atom is -0.495 e. The fourth-order valence-corrected chi connectivity index (χ4v) is 2.50. The van der Waals surface area contributed by atoms with Gasteiger partial charge in [-0.3, -0.25) is 4.79 Å². The molecule has 0 aliphatic rings. The number of rotatable bonds is 9. The van der Waals surface area contributed by atoms with Crippen molar-refractivity contribution in [3.8, 4) is 5.75 Å². The van der Waals surface area contributed by atoms with Crippen molar-refractivity contribution in [2.75, 3.05) is 26.1 Å². The highest BCUT2D eigenvalue weighted by molar-refractivity contribution is 7.80. The second-order valence-electron chi connectivity index (χ2n) is 5.44. The molecule has 1 aromatic rings. The summed E-state index contributed by atoms with van der Waals surface area (Å²) < 4.78 is 9.93. The Balaban J connectivity index is 2.54. The van der Waals surface area contributed by atoms with Crippen LogP contribution in [-0.4, -0.2) is 43.8 Å². The van der Waals surface area contributed by atoms with Crippen LogP contribution < -0.4 is 20.7 Å². The summed E-state index contributed by atoms with van der Waals surface area (Å²) in [5.74, 6) is -0.261. The smallest absolute Gasteiger partial charge is 0.328 e. The van der Waals surface area contributed by atoms with E-state index in [9.17, 15) is 9.59 Å². The van der Waals surface area contributed by atoms with E-state index in [4.69, 9.17) is 33.3 Å². The third-order valence-corrected chi connectivity index (χ3v) is 3.97. The van der Waals surface area contributed by atoms with Gasteiger partial charge in [0.05, 0.1) is 26.5 Å². The van der Waals surface area contributed by atoms with Gasteiger partial charge in [-0.2, -0.15) is 0 Å². The summed E-state index contributed by atoms with van der Waals surface area (Å²) in [6.45, 7) is 1.92. The molecule has 1 unspecified atom stereocenters. The summed E-state index contributed by atoms with van der Waals surface area (Å²) in [6.07, 6.45) is 2.25. The first kappa shape index (κ1) is 22.0. The number of hydrogen-bond donors (Lipinski definition) is 3. The first-order chi connectivity index (χ1) is 12.4. The number of carbonyl (C=O) groups excluding carboxylic acids is 2. The van der Waals surface area contributed by atoms with E-state index in [1.165, 1.54) is 14.2 Å². The lowest BCUT2D eigenvalue weighted by Crippen LogP contribution is -2.46. The van der Waals surface area contributed by atoms with Crippen molar-refractivity contribution in [1.82, 2.24) is 10.6 Å². The maximum absolute atomic E-state index is 12.1. The Morgan fingerprint density at radius 1 is 1.31 bits per heavy atom. The predicted octanol–water partition coefficient (Wildman–Crippen LogP) is 2.48. The van der Waals surface area contributed by atoms with Crippen molar-refractivity contribution >= 4 is 46.5 Å². The first-order valence-corrected chi connectivity index (χ1v) is 8.95. The van der Waals surface area contributed by atoms with Gasteiger partial charge in [-0.25, -0.2) is 4.79 Å². The van der Waals surface area contributed by atoms with Crippen molar-refractivity contribution in [2.24, 2.45) is 0 Å². The summed E-state index contributed by atoms with van der Waals surface area (Å²) >= 11 is 11.1. The molecule has 0 spiro atoms. The molecule has 0 bridgehead atoms. The molecule has 0 saturated carbocycles. The molecule has 26 heavy (non-hydrogen) atoms. The summed E-state index contributed by atoms with van der Waals surface area (Å²) in [7, 11) is 2.82. The highest BCUT2D eigenvalue weighted by Gasteiger charge is 2.20. The zero-order valence-electron chi connectivity index (χ0n) is 15.1. The Morgan fingerprint density at radius 3 is 2.65 bits per heavy atom. The molecule has 0 aliphatic heterocycles. The lowest BCUT2D eigenvalue weighted by Gasteiger charge is -2.17. The van der Waals surface area contributed by atoms with Crippen molar-refractivity contribution in [3.05, 3.63) is 23.2 Å². The lowest BCUT2D eigenvalue weighted by molar-refractivity contribution is -0.145. The largest absolute Gasteiger partial charge is 0.495 e. The van der Waals surface area contributed by atoms with E-state index < -0.39 is 12.0 Å². The quantitative estimate of drug-likeness (QED) is 0.432. The Morgan fingerprint density at radius 2 is 2.04 bits per heavy atom. The molecule has 7 nitrogen and oxygen atoms in total. The normalized spacial score (nSPS) is 11.2. The Labute approximate surface area is 163 Å². The van der Waals surface area contributed by atoms with Gasteiger partial charge in [0, 0.05) is 5.02 Å². The number of thiocarbonyl (C=S) groups is 1. The van der Waals surface area contributed by atoms with Gasteiger partial charge in [-0.1, -0.05) is 31.4 Å². The number of benzene rings is 1. The van der Waals surface area contributed by atoms with Crippen molar-refractivity contribution in [2.45, 2.75) is 32.2 Å². The molecule has 0 heterocycles. The molecule has 1 atom stereocenters. The minimum atomic E-state index is -0.663. The number of methoxy groups -OCH3 is 2. The van der Waals surface area contributed by atoms with Gasteiger partial charge >= 0.3 is 5.97 Å². The molecule has 3 N–H and O–H groups in total. The van der Waals surface area contributed by atoms with Crippen LogP contribution in [0.5, 0.6) is 5.75 Å². The van der Waals surface area contributed by atoms with Crippen LogP contribution >= 0.6 is 23.8 Å². The molecule has 0 fully saturated rings. The molecule has 0 radical (unpaired) electrons. The molecule has 1 amide bonds. The van der Waals surface area contributed by atoms with Crippen LogP contribution in [0, 0.1) is 0 Å². The van der Waals surface area contributed by atoms with Crippen LogP contribution in [0.1, 0.15) is 26.2 Å². The summed E-state index contributed by atoms with van der Waals surface area (Å²) in [4.78, 5) is 23.8. The SMILES string of the molecule is CCCCC(NC(=O)CNC(=S)Nc1cc(Cl)ccc1OC)C(=O)OC. The van der Waals surface area contributed by atoms with E-state index in [0.717, 1.165) is 12.8 Å². The molecule has 1 rings (SSSR count). The van der Waals surface area contributed by atoms with Crippen LogP contribution in [0.2, 0.25) is 5.02 Å². The van der Waals surface area contributed by atoms with Gasteiger partial charge in [-0.15, -0.1) is 0 Å². The monoisotopic (exact) mass is 401 g/mol. The topological polar surface area (TPSA) is 88.7 Å². The molecule has 0 saturated heterocycles. The zero-order valence-corrected chi connectivity index (χ0v) is 16.6. The average Bonchev–Trinajstić information content (AvgIpc) is 2.63. The van der Waals surface area contributed by atoms with Crippen LogP contribution in [-0.2, 0) is 14.3 Å². The van der Waals surface area contributed by atoms with E-state index in [-0.39, 0.29) is 17.6 Å². The third-order valence-electron chi connectivity index (χ3n) is 3.49. The number of nitrogens with one attached hydrogen (secondary N) is 3. The number of ether oxygens (including phenoxy) is 2. The van der Waals surface area contributed by atoms with Gasteiger partial charge in [0.15, 0.2) is 5.11 Å². The molecule has 9 heteroatoms. The highest BCUT2D eigenvalue weighted by Crippen LogP contribution is 2.27. The number of esters is 1. The third kappa shape index (κ3) is 7.45. The number of hydrogen-bond acceptors (Lipinski definition) is 5. The molecule has 1 aromatic carbocycles. The summed E-state index contributed by atoms with van der Waals surface area (Å²) in [5.41, 5.74) is 0.577. The first-order valence-electron chi connectivity index (χ1n) is 8.16. The number of amides is 1. The fourth-order valence-electron chi connectivity index (χ4n) is 2.15. The van der Waals surface area contributed by atoms with Crippen molar-refractivity contribution < 1.29 is 19.1 Å².